The molecule has 9 unspecified atom stereocenters. The normalized spacial score (nSPS) is 29.3. The minimum absolute atomic E-state index is 0.0831. The number of allylic oxidation sites excluding steroid dienone is 1. The van der Waals surface area contributed by atoms with Crippen LogP contribution in [0.25, 0.3) is 0 Å². The van der Waals surface area contributed by atoms with E-state index in [0.29, 0.717) is 43.5 Å². The highest BCUT2D eigenvalue weighted by Crippen LogP contribution is 2.67. The Balaban J connectivity index is 1.06. The van der Waals surface area contributed by atoms with Gasteiger partial charge >= 0.3 is 5.97 Å². The quantitative estimate of drug-likeness (QED) is 0.0268. The van der Waals surface area contributed by atoms with Gasteiger partial charge in [-0.2, -0.15) is 0 Å². The maximum atomic E-state index is 13.3. The van der Waals surface area contributed by atoms with Crippen molar-refractivity contribution in [3.05, 3.63) is 47.0 Å². The SMILES string of the molecule is CC(C)CCCC(C)C1CCC2C3CC=C4CC(OC(=O)c5ccc(/C=N/CCNC(=O)C(CCCCNC(=N)N)NC(=N)N)cc5)CCC4(C)C3CCC12C. The summed E-state index contributed by atoms with van der Waals surface area (Å²) in [7, 11) is 0. The van der Waals surface area contributed by atoms with E-state index in [0.717, 1.165) is 66.8 Å². The zero-order valence-corrected chi connectivity index (χ0v) is 34.9. The van der Waals surface area contributed by atoms with E-state index in [2.05, 4.69) is 61.6 Å². The average molecular weight is 773 g/mol. The van der Waals surface area contributed by atoms with E-state index < -0.39 is 6.04 Å². The number of fused-ring (bicyclic) bond motifs is 5. The Bertz CT molecular complexity index is 1570. The molecule has 9 atom stereocenters. The van der Waals surface area contributed by atoms with Crippen LogP contribution in [0.1, 0.15) is 140 Å². The Labute approximate surface area is 336 Å². The molecule has 310 valence electrons. The van der Waals surface area contributed by atoms with Crippen molar-refractivity contribution in [1.82, 2.24) is 16.0 Å². The maximum Gasteiger partial charge on any atom is 0.338 e. The zero-order valence-electron chi connectivity index (χ0n) is 34.9. The fourth-order valence-electron chi connectivity index (χ4n) is 11.4. The molecule has 0 spiro atoms. The minimum Gasteiger partial charge on any atom is -0.458 e. The van der Waals surface area contributed by atoms with E-state index in [-0.39, 0.29) is 35.3 Å². The van der Waals surface area contributed by atoms with Crippen LogP contribution in [0.4, 0.5) is 0 Å². The van der Waals surface area contributed by atoms with Crippen molar-refractivity contribution in [3.63, 3.8) is 0 Å². The summed E-state index contributed by atoms with van der Waals surface area (Å²) in [5.74, 6) is 4.02. The third-order valence-corrected chi connectivity index (χ3v) is 14.3. The van der Waals surface area contributed by atoms with Crippen molar-refractivity contribution in [2.45, 2.75) is 137 Å². The van der Waals surface area contributed by atoms with Gasteiger partial charge in [-0.1, -0.05) is 77.7 Å². The number of rotatable bonds is 18. The Morgan fingerprint density at radius 2 is 1.68 bits per heavy atom. The van der Waals surface area contributed by atoms with Gasteiger partial charge in [-0.05, 0) is 128 Å². The standard InChI is InChI=1S/C45H72N8O3/c1-29(2)9-8-10-30(3)36-18-19-37-35-17-16-33-27-34(20-22-44(33,4)38(35)21-23-45(36,37)5)56-41(55)32-14-12-31(13-15-32)28-50-25-26-51-40(54)39(53-43(48)49)11-6-7-24-52-42(46)47/h12-16,28-30,34-39H,6-11,17-27H2,1-5H3,(H,51,54)(H4,46,47,52)(H4,48,49,53)/b50-28+. The van der Waals surface area contributed by atoms with Crippen LogP contribution < -0.4 is 27.4 Å². The second-order valence-electron chi connectivity index (χ2n) is 18.5. The molecule has 4 aliphatic carbocycles. The number of hydrogen-bond acceptors (Lipinski definition) is 6. The lowest BCUT2D eigenvalue weighted by molar-refractivity contribution is -0.122. The molecule has 9 N–H and O–H groups in total. The number of unbranched alkanes of at least 4 members (excludes halogenated alkanes) is 1. The molecular weight excluding hydrogens is 701 g/mol. The fraction of sp³-hybridized carbons (Fsp3) is 0.711. The molecule has 11 heteroatoms. The van der Waals surface area contributed by atoms with Crippen LogP contribution in [0.2, 0.25) is 0 Å². The molecule has 0 aromatic heterocycles. The number of ether oxygens (including phenoxy) is 1. The van der Waals surface area contributed by atoms with Crippen molar-refractivity contribution in [3.8, 4) is 0 Å². The van der Waals surface area contributed by atoms with Crippen LogP contribution in [0.3, 0.4) is 0 Å². The van der Waals surface area contributed by atoms with Crippen molar-refractivity contribution in [1.29, 1.82) is 10.8 Å². The summed E-state index contributed by atoms with van der Waals surface area (Å²) in [6.07, 6.45) is 19.9. The highest BCUT2D eigenvalue weighted by atomic mass is 16.5. The zero-order chi connectivity index (χ0) is 40.5. The largest absolute Gasteiger partial charge is 0.458 e. The lowest BCUT2D eigenvalue weighted by atomic mass is 9.47. The van der Waals surface area contributed by atoms with Gasteiger partial charge in [0, 0.05) is 25.7 Å². The van der Waals surface area contributed by atoms with Crippen LogP contribution in [0, 0.1) is 57.2 Å². The molecule has 0 heterocycles. The second-order valence-corrected chi connectivity index (χ2v) is 18.5. The highest BCUT2D eigenvalue weighted by Gasteiger charge is 2.59. The van der Waals surface area contributed by atoms with Crippen LogP contribution in [-0.4, -0.2) is 61.8 Å². The molecule has 11 nitrogen and oxygen atoms in total. The van der Waals surface area contributed by atoms with Gasteiger partial charge in [-0.3, -0.25) is 20.6 Å². The summed E-state index contributed by atoms with van der Waals surface area (Å²) in [6.45, 7) is 13.7. The number of nitrogens with zero attached hydrogens (tertiary/aromatic N) is 1. The van der Waals surface area contributed by atoms with Gasteiger partial charge in [0.15, 0.2) is 11.9 Å². The Morgan fingerprint density at radius 3 is 2.39 bits per heavy atom. The Kier molecular flexibility index (Phi) is 15.1. The average Bonchev–Trinajstić information content (AvgIpc) is 3.51. The molecule has 1 aromatic rings. The van der Waals surface area contributed by atoms with Gasteiger partial charge in [0.1, 0.15) is 12.1 Å². The van der Waals surface area contributed by atoms with Crippen LogP contribution in [-0.2, 0) is 9.53 Å². The first-order chi connectivity index (χ1) is 26.7. The molecule has 1 amide bonds. The van der Waals surface area contributed by atoms with E-state index in [4.69, 9.17) is 27.0 Å². The number of amides is 1. The first-order valence-electron chi connectivity index (χ1n) is 21.7. The van der Waals surface area contributed by atoms with E-state index in [1.807, 2.05) is 12.1 Å². The number of carbonyl (C=O) groups excluding carboxylic acids is 2. The summed E-state index contributed by atoms with van der Waals surface area (Å²) in [5, 5.41) is 23.0. The smallest absolute Gasteiger partial charge is 0.338 e. The highest BCUT2D eigenvalue weighted by molar-refractivity contribution is 5.91. The molecular formula is C45H72N8O3. The number of aliphatic imine (C=N–C) groups is 1. The molecule has 56 heavy (non-hydrogen) atoms. The van der Waals surface area contributed by atoms with E-state index in [1.54, 1.807) is 18.3 Å². The number of guanidine groups is 2. The fourth-order valence-corrected chi connectivity index (χ4v) is 11.4. The number of nitrogens with two attached hydrogens (primary N) is 2. The van der Waals surface area contributed by atoms with Crippen LogP contribution >= 0.6 is 0 Å². The Morgan fingerprint density at radius 1 is 0.911 bits per heavy atom. The van der Waals surface area contributed by atoms with Gasteiger partial charge in [0.25, 0.3) is 0 Å². The van der Waals surface area contributed by atoms with Crippen LogP contribution in [0.15, 0.2) is 40.9 Å². The van der Waals surface area contributed by atoms with Gasteiger partial charge in [-0.15, -0.1) is 0 Å². The molecule has 0 bridgehead atoms. The molecule has 0 aliphatic heterocycles. The maximum absolute atomic E-state index is 13.3. The van der Waals surface area contributed by atoms with Gasteiger partial charge in [-0.25, -0.2) is 4.79 Å². The third kappa shape index (κ3) is 10.7. The number of benzene rings is 1. The lowest BCUT2D eigenvalue weighted by Gasteiger charge is -2.58. The number of hydrogen-bond donors (Lipinski definition) is 7. The molecule has 4 aliphatic rings. The summed E-state index contributed by atoms with van der Waals surface area (Å²) >= 11 is 0. The number of esters is 1. The van der Waals surface area contributed by atoms with Crippen molar-refractivity contribution < 1.29 is 14.3 Å². The summed E-state index contributed by atoms with van der Waals surface area (Å²) < 4.78 is 6.15. The topological polar surface area (TPSA) is 192 Å². The molecule has 0 radical (unpaired) electrons. The van der Waals surface area contributed by atoms with E-state index in [9.17, 15) is 9.59 Å². The first-order valence-corrected chi connectivity index (χ1v) is 21.7. The second kappa shape index (κ2) is 19.5. The molecule has 1 aromatic carbocycles. The molecule has 5 rings (SSSR count). The molecule has 3 fully saturated rings. The van der Waals surface area contributed by atoms with E-state index in [1.165, 1.54) is 56.9 Å². The predicted molar refractivity (Wildman–Crippen MR) is 227 cm³/mol. The lowest BCUT2D eigenvalue weighted by Crippen LogP contribution is -2.51. The summed E-state index contributed by atoms with van der Waals surface area (Å²) in [5.41, 5.74) is 14.4. The van der Waals surface area contributed by atoms with Crippen LogP contribution in [0.5, 0.6) is 0 Å². The summed E-state index contributed by atoms with van der Waals surface area (Å²) in [6, 6.07) is 6.70. The minimum atomic E-state index is -0.627. The van der Waals surface area contributed by atoms with Gasteiger partial charge in [0.2, 0.25) is 5.91 Å². The molecule has 3 saturated carbocycles. The van der Waals surface area contributed by atoms with Gasteiger partial charge < -0.3 is 32.2 Å². The van der Waals surface area contributed by atoms with Gasteiger partial charge in [0.05, 0.1) is 12.1 Å². The summed E-state index contributed by atoms with van der Waals surface area (Å²) in [4.78, 5) is 30.4. The van der Waals surface area contributed by atoms with E-state index >= 15 is 0 Å². The third-order valence-electron chi connectivity index (χ3n) is 14.3. The first kappa shape index (κ1) is 43.2. The Hall–Kier alpha value is -3.89. The number of nitrogens with one attached hydrogen (secondary N) is 5. The van der Waals surface area contributed by atoms with Crippen molar-refractivity contribution in [2.75, 3.05) is 19.6 Å². The monoisotopic (exact) mass is 773 g/mol. The van der Waals surface area contributed by atoms with Crippen molar-refractivity contribution in [2.24, 2.45) is 62.8 Å². The predicted octanol–water partition coefficient (Wildman–Crippen LogP) is 7.29. The van der Waals surface area contributed by atoms with Crippen molar-refractivity contribution >= 4 is 30.0 Å². The number of carbonyl (C=O) groups is 2. The molecule has 0 saturated heterocycles.